The van der Waals surface area contributed by atoms with Crippen molar-refractivity contribution in [2.24, 2.45) is 5.41 Å². The largest absolute Gasteiger partial charge is 0.496 e. The predicted molar refractivity (Wildman–Crippen MR) is 99.9 cm³/mol. The maximum absolute atomic E-state index is 12.4. The molecule has 1 saturated heterocycles. The summed E-state index contributed by atoms with van der Waals surface area (Å²) >= 11 is 1.63. The molecule has 0 bridgehead atoms. The fourth-order valence-electron chi connectivity index (χ4n) is 3.13. The SMILES string of the molecule is COc1ccccc1-c1nnc(C2CCN(C(=O)C(C)(C)C)CC2)s1. The monoisotopic (exact) mass is 359 g/mol. The first kappa shape index (κ1) is 17.9. The van der Waals surface area contributed by atoms with Gasteiger partial charge in [-0.1, -0.05) is 44.2 Å². The summed E-state index contributed by atoms with van der Waals surface area (Å²) in [5.41, 5.74) is 0.668. The number of carbonyl (C=O) groups excluding carboxylic acids is 1. The highest BCUT2D eigenvalue weighted by Gasteiger charge is 2.31. The van der Waals surface area contributed by atoms with Crippen molar-refractivity contribution in [3.05, 3.63) is 29.3 Å². The summed E-state index contributed by atoms with van der Waals surface area (Å²) in [6.45, 7) is 7.53. The van der Waals surface area contributed by atoms with E-state index in [0.29, 0.717) is 5.92 Å². The zero-order chi connectivity index (χ0) is 18.0. The van der Waals surface area contributed by atoms with Crippen LogP contribution in [0.2, 0.25) is 0 Å². The molecule has 0 atom stereocenters. The molecule has 0 unspecified atom stereocenters. The molecule has 5 nitrogen and oxygen atoms in total. The van der Waals surface area contributed by atoms with E-state index in [1.807, 2.05) is 49.9 Å². The smallest absolute Gasteiger partial charge is 0.227 e. The minimum Gasteiger partial charge on any atom is -0.496 e. The minimum atomic E-state index is -0.313. The van der Waals surface area contributed by atoms with Crippen molar-refractivity contribution in [1.82, 2.24) is 15.1 Å². The topological polar surface area (TPSA) is 55.3 Å². The van der Waals surface area contributed by atoms with Gasteiger partial charge in [0.2, 0.25) is 5.91 Å². The summed E-state index contributed by atoms with van der Waals surface area (Å²) in [5.74, 6) is 1.43. The van der Waals surface area contributed by atoms with Crippen LogP contribution < -0.4 is 4.74 Å². The third-order valence-corrected chi connectivity index (χ3v) is 5.67. The highest BCUT2D eigenvalue weighted by molar-refractivity contribution is 7.14. The lowest BCUT2D eigenvalue weighted by Gasteiger charge is -2.35. The summed E-state index contributed by atoms with van der Waals surface area (Å²) in [6.07, 6.45) is 1.89. The molecule has 1 aliphatic rings. The van der Waals surface area contributed by atoms with Crippen LogP contribution in [0.25, 0.3) is 10.6 Å². The van der Waals surface area contributed by atoms with Crippen LogP contribution in [0.4, 0.5) is 0 Å². The third kappa shape index (κ3) is 3.84. The van der Waals surface area contributed by atoms with Crippen LogP contribution in [0.1, 0.15) is 44.5 Å². The van der Waals surface area contributed by atoms with Crippen LogP contribution >= 0.6 is 11.3 Å². The van der Waals surface area contributed by atoms with Crippen LogP contribution in [-0.4, -0.2) is 41.2 Å². The van der Waals surface area contributed by atoms with Gasteiger partial charge in [-0.15, -0.1) is 10.2 Å². The van der Waals surface area contributed by atoms with Crippen LogP contribution in [0.5, 0.6) is 5.75 Å². The number of aromatic nitrogens is 2. The summed E-state index contributed by atoms with van der Waals surface area (Å²) in [7, 11) is 1.67. The Morgan fingerprint density at radius 1 is 1.20 bits per heavy atom. The second kappa shape index (κ2) is 7.12. The Labute approximate surface area is 153 Å². The molecule has 134 valence electrons. The standard InChI is InChI=1S/C19H25N3O2S/c1-19(2,3)18(23)22-11-9-13(10-12-22)16-20-21-17(25-16)14-7-5-6-8-15(14)24-4/h5-8,13H,9-12H2,1-4H3. The average Bonchev–Trinajstić information content (AvgIpc) is 3.10. The van der Waals surface area contributed by atoms with E-state index in [0.717, 1.165) is 47.3 Å². The van der Waals surface area contributed by atoms with E-state index in [-0.39, 0.29) is 11.3 Å². The van der Waals surface area contributed by atoms with Crippen molar-refractivity contribution in [2.75, 3.05) is 20.2 Å². The van der Waals surface area contributed by atoms with Gasteiger partial charge < -0.3 is 9.64 Å². The van der Waals surface area contributed by atoms with Gasteiger partial charge in [-0.3, -0.25) is 4.79 Å². The van der Waals surface area contributed by atoms with Gasteiger partial charge in [0.05, 0.1) is 12.7 Å². The van der Waals surface area contributed by atoms with Gasteiger partial charge in [0.15, 0.2) is 5.01 Å². The summed E-state index contributed by atoms with van der Waals surface area (Å²) < 4.78 is 5.42. The first-order chi connectivity index (χ1) is 11.9. The number of piperidine rings is 1. The number of hydrogen-bond acceptors (Lipinski definition) is 5. The number of methoxy groups -OCH3 is 1. The molecule has 2 aromatic rings. The van der Waals surface area contributed by atoms with E-state index < -0.39 is 0 Å². The van der Waals surface area contributed by atoms with Gasteiger partial charge in [0.25, 0.3) is 0 Å². The Kier molecular flexibility index (Phi) is 5.08. The van der Waals surface area contributed by atoms with Crippen molar-refractivity contribution >= 4 is 17.2 Å². The Morgan fingerprint density at radius 2 is 1.88 bits per heavy atom. The number of ether oxygens (including phenoxy) is 1. The van der Waals surface area contributed by atoms with Crippen molar-refractivity contribution in [2.45, 2.75) is 39.5 Å². The van der Waals surface area contributed by atoms with Gasteiger partial charge in [-0.25, -0.2) is 0 Å². The van der Waals surface area contributed by atoms with E-state index >= 15 is 0 Å². The van der Waals surface area contributed by atoms with E-state index in [9.17, 15) is 4.79 Å². The number of para-hydroxylation sites is 1. The molecule has 0 spiro atoms. The average molecular weight is 359 g/mol. The molecule has 3 rings (SSSR count). The first-order valence-corrected chi connectivity index (χ1v) is 9.48. The van der Waals surface area contributed by atoms with Crippen LogP contribution in [-0.2, 0) is 4.79 Å². The lowest BCUT2D eigenvalue weighted by Crippen LogP contribution is -2.43. The second-order valence-corrected chi connectivity index (χ2v) is 8.47. The summed E-state index contributed by atoms with van der Waals surface area (Å²) in [6, 6.07) is 7.88. The fraction of sp³-hybridized carbons (Fsp3) is 0.526. The van der Waals surface area contributed by atoms with Gasteiger partial charge in [0, 0.05) is 24.4 Å². The van der Waals surface area contributed by atoms with Crippen molar-refractivity contribution < 1.29 is 9.53 Å². The molecular formula is C19H25N3O2S. The van der Waals surface area contributed by atoms with Crippen molar-refractivity contribution in [3.63, 3.8) is 0 Å². The van der Waals surface area contributed by atoms with Crippen molar-refractivity contribution in [1.29, 1.82) is 0 Å². The minimum absolute atomic E-state index is 0.234. The van der Waals surface area contributed by atoms with Crippen LogP contribution in [0.3, 0.4) is 0 Å². The van der Waals surface area contributed by atoms with E-state index in [1.165, 1.54) is 0 Å². The number of rotatable bonds is 3. The lowest BCUT2D eigenvalue weighted by atomic mass is 9.91. The molecule has 1 amide bonds. The van der Waals surface area contributed by atoms with Gasteiger partial charge in [-0.05, 0) is 25.0 Å². The molecule has 1 aromatic heterocycles. The maximum Gasteiger partial charge on any atom is 0.227 e. The number of hydrogen-bond donors (Lipinski definition) is 0. The van der Waals surface area contributed by atoms with Crippen molar-refractivity contribution in [3.8, 4) is 16.3 Å². The number of nitrogens with zero attached hydrogens (tertiary/aromatic N) is 3. The molecule has 2 heterocycles. The Hall–Kier alpha value is -1.95. The van der Waals surface area contributed by atoms with Gasteiger partial charge in [0.1, 0.15) is 10.8 Å². The molecule has 1 aromatic carbocycles. The Balaban J connectivity index is 1.69. The molecule has 0 saturated carbocycles. The normalized spacial score (nSPS) is 16.1. The van der Waals surface area contributed by atoms with E-state index in [4.69, 9.17) is 4.74 Å². The molecule has 0 N–H and O–H groups in total. The summed E-state index contributed by atoms with van der Waals surface area (Å²) in [4.78, 5) is 14.4. The molecule has 1 aliphatic heterocycles. The van der Waals surface area contributed by atoms with Crippen LogP contribution in [0, 0.1) is 5.41 Å². The van der Waals surface area contributed by atoms with E-state index in [1.54, 1.807) is 18.4 Å². The molecule has 6 heteroatoms. The lowest BCUT2D eigenvalue weighted by molar-refractivity contribution is -0.140. The van der Waals surface area contributed by atoms with Crippen LogP contribution in [0.15, 0.2) is 24.3 Å². The highest BCUT2D eigenvalue weighted by Crippen LogP contribution is 2.37. The second-order valence-electron chi connectivity index (χ2n) is 7.46. The summed E-state index contributed by atoms with van der Waals surface area (Å²) in [5, 5.41) is 10.7. The van der Waals surface area contributed by atoms with Gasteiger partial charge >= 0.3 is 0 Å². The maximum atomic E-state index is 12.4. The molecule has 0 radical (unpaired) electrons. The quantitative estimate of drug-likeness (QED) is 0.832. The third-order valence-electron chi connectivity index (χ3n) is 4.55. The van der Waals surface area contributed by atoms with Gasteiger partial charge in [-0.2, -0.15) is 0 Å². The number of likely N-dealkylation sites (tertiary alicyclic amines) is 1. The zero-order valence-corrected chi connectivity index (χ0v) is 16.1. The Bertz CT molecular complexity index is 743. The number of carbonyl (C=O) groups is 1. The fourth-order valence-corrected chi connectivity index (χ4v) is 4.18. The zero-order valence-electron chi connectivity index (χ0n) is 15.3. The highest BCUT2D eigenvalue weighted by atomic mass is 32.1. The molecule has 1 fully saturated rings. The molecular weight excluding hydrogens is 334 g/mol. The first-order valence-electron chi connectivity index (χ1n) is 8.66. The number of amides is 1. The molecule has 0 aliphatic carbocycles. The Morgan fingerprint density at radius 3 is 2.52 bits per heavy atom. The molecule has 25 heavy (non-hydrogen) atoms. The predicted octanol–water partition coefficient (Wildman–Crippen LogP) is 3.97. The van der Waals surface area contributed by atoms with E-state index in [2.05, 4.69) is 10.2 Å². The number of benzene rings is 1.